The SMILES string of the molecule is C[C@@H](NC(=O)COC(=O)c1ccc2c(c1)NC(=O)CCS2)c1cccc(Cl)c1. The van der Waals surface area contributed by atoms with Gasteiger partial charge in [0.2, 0.25) is 5.91 Å². The molecule has 2 aromatic rings. The van der Waals surface area contributed by atoms with Crippen molar-refractivity contribution in [1.29, 1.82) is 0 Å². The van der Waals surface area contributed by atoms with Crippen LogP contribution < -0.4 is 10.6 Å². The van der Waals surface area contributed by atoms with E-state index in [4.69, 9.17) is 16.3 Å². The van der Waals surface area contributed by atoms with Crippen LogP contribution in [-0.2, 0) is 14.3 Å². The van der Waals surface area contributed by atoms with Gasteiger partial charge in [-0.2, -0.15) is 0 Å². The Kier molecular flexibility index (Phi) is 6.59. The maximum Gasteiger partial charge on any atom is 0.338 e. The van der Waals surface area contributed by atoms with E-state index >= 15 is 0 Å². The molecule has 6 nitrogen and oxygen atoms in total. The molecule has 1 heterocycles. The largest absolute Gasteiger partial charge is 0.452 e. The predicted octanol–water partition coefficient (Wildman–Crippen LogP) is 3.81. The first-order valence-electron chi connectivity index (χ1n) is 8.71. The minimum absolute atomic E-state index is 0.0915. The van der Waals surface area contributed by atoms with Gasteiger partial charge in [-0.1, -0.05) is 23.7 Å². The average molecular weight is 419 g/mol. The van der Waals surface area contributed by atoms with E-state index in [0.29, 0.717) is 22.9 Å². The van der Waals surface area contributed by atoms with Crippen LogP contribution in [0.3, 0.4) is 0 Å². The van der Waals surface area contributed by atoms with Crippen molar-refractivity contribution in [2.75, 3.05) is 17.7 Å². The first-order chi connectivity index (χ1) is 13.4. The smallest absolute Gasteiger partial charge is 0.338 e. The number of hydrogen-bond donors (Lipinski definition) is 2. The predicted molar refractivity (Wildman–Crippen MR) is 109 cm³/mol. The van der Waals surface area contributed by atoms with E-state index in [1.807, 2.05) is 13.0 Å². The van der Waals surface area contributed by atoms with Crippen molar-refractivity contribution in [3.05, 3.63) is 58.6 Å². The van der Waals surface area contributed by atoms with Crippen molar-refractivity contribution in [2.45, 2.75) is 24.3 Å². The zero-order chi connectivity index (χ0) is 20.1. The molecule has 3 rings (SSSR count). The number of carbonyl (C=O) groups excluding carboxylic acids is 3. The van der Waals surface area contributed by atoms with Gasteiger partial charge in [0.15, 0.2) is 6.61 Å². The molecule has 0 saturated heterocycles. The van der Waals surface area contributed by atoms with Gasteiger partial charge in [0.25, 0.3) is 5.91 Å². The third-order valence-electron chi connectivity index (χ3n) is 4.14. The Morgan fingerprint density at radius 1 is 1.29 bits per heavy atom. The normalized spacial score (nSPS) is 14.3. The van der Waals surface area contributed by atoms with Gasteiger partial charge in [-0.05, 0) is 42.8 Å². The third-order valence-corrected chi connectivity index (χ3v) is 5.45. The highest BCUT2D eigenvalue weighted by molar-refractivity contribution is 7.99. The first-order valence-corrected chi connectivity index (χ1v) is 10.1. The molecule has 0 saturated carbocycles. The summed E-state index contributed by atoms with van der Waals surface area (Å²) in [6.45, 7) is 1.42. The number of esters is 1. The lowest BCUT2D eigenvalue weighted by Gasteiger charge is -2.15. The fourth-order valence-electron chi connectivity index (χ4n) is 2.70. The molecule has 0 aromatic heterocycles. The van der Waals surface area contributed by atoms with Crippen molar-refractivity contribution >= 4 is 46.8 Å². The van der Waals surface area contributed by atoms with E-state index in [-0.39, 0.29) is 17.5 Å². The monoisotopic (exact) mass is 418 g/mol. The van der Waals surface area contributed by atoms with Crippen LogP contribution in [0, 0.1) is 0 Å². The van der Waals surface area contributed by atoms with Gasteiger partial charge in [-0.3, -0.25) is 9.59 Å². The van der Waals surface area contributed by atoms with Crippen LogP contribution in [0.4, 0.5) is 5.69 Å². The fraction of sp³-hybridized carbons (Fsp3) is 0.250. The number of fused-ring (bicyclic) bond motifs is 1. The number of hydrogen-bond acceptors (Lipinski definition) is 5. The quantitative estimate of drug-likeness (QED) is 0.721. The lowest BCUT2D eigenvalue weighted by Crippen LogP contribution is -2.31. The summed E-state index contributed by atoms with van der Waals surface area (Å²) in [5.41, 5.74) is 1.71. The molecule has 0 aliphatic carbocycles. The number of benzene rings is 2. The van der Waals surface area contributed by atoms with Crippen LogP contribution in [0.5, 0.6) is 0 Å². The molecule has 2 aromatic carbocycles. The molecular formula is C20H19ClN2O4S. The van der Waals surface area contributed by atoms with E-state index < -0.39 is 18.5 Å². The zero-order valence-electron chi connectivity index (χ0n) is 15.2. The van der Waals surface area contributed by atoms with Crippen LogP contribution in [0.1, 0.15) is 35.3 Å². The molecule has 8 heteroatoms. The van der Waals surface area contributed by atoms with Gasteiger partial charge < -0.3 is 15.4 Å². The van der Waals surface area contributed by atoms with E-state index in [1.165, 1.54) is 0 Å². The highest BCUT2D eigenvalue weighted by Gasteiger charge is 2.18. The molecule has 146 valence electrons. The molecule has 28 heavy (non-hydrogen) atoms. The van der Waals surface area contributed by atoms with Gasteiger partial charge in [0.1, 0.15) is 0 Å². The number of ether oxygens (including phenoxy) is 1. The summed E-state index contributed by atoms with van der Waals surface area (Å²) >= 11 is 7.50. The van der Waals surface area contributed by atoms with Gasteiger partial charge >= 0.3 is 5.97 Å². The molecule has 1 aliphatic rings. The van der Waals surface area contributed by atoms with Gasteiger partial charge in [-0.25, -0.2) is 4.79 Å². The number of rotatable bonds is 5. The van der Waals surface area contributed by atoms with Gasteiger partial charge in [-0.15, -0.1) is 11.8 Å². The van der Waals surface area contributed by atoms with Gasteiger partial charge in [0, 0.05) is 22.1 Å². The Morgan fingerprint density at radius 2 is 2.11 bits per heavy atom. The maximum absolute atomic E-state index is 12.3. The van der Waals surface area contributed by atoms with Crippen LogP contribution in [0.25, 0.3) is 0 Å². The van der Waals surface area contributed by atoms with E-state index in [9.17, 15) is 14.4 Å². The lowest BCUT2D eigenvalue weighted by molar-refractivity contribution is -0.124. The second kappa shape index (κ2) is 9.12. The molecule has 2 N–H and O–H groups in total. The molecule has 1 aliphatic heterocycles. The second-order valence-corrected chi connectivity index (χ2v) is 7.85. The Balaban J connectivity index is 1.56. The van der Waals surface area contributed by atoms with E-state index in [1.54, 1.807) is 48.2 Å². The summed E-state index contributed by atoms with van der Waals surface area (Å²) in [4.78, 5) is 36.9. The van der Waals surface area contributed by atoms with E-state index in [2.05, 4.69) is 10.6 Å². The number of carbonyl (C=O) groups is 3. The highest BCUT2D eigenvalue weighted by atomic mass is 35.5. The van der Waals surface area contributed by atoms with Crippen LogP contribution in [0.2, 0.25) is 5.02 Å². The van der Waals surface area contributed by atoms with Crippen LogP contribution in [-0.4, -0.2) is 30.1 Å². The van der Waals surface area contributed by atoms with Gasteiger partial charge in [0.05, 0.1) is 17.3 Å². The average Bonchev–Trinajstić information content (AvgIpc) is 2.85. The van der Waals surface area contributed by atoms with Crippen molar-refractivity contribution in [2.24, 2.45) is 0 Å². The number of thioether (sulfide) groups is 1. The number of amides is 2. The molecule has 0 radical (unpaired) electrons. The third kappa shape index (κ3) is 5.27. The zero-order valence-corrected chi connectivity index (χ0v) is 16.7. The Morgan fingerprint density at radius 3 is 2.89 bits per heavy atom. The van der Waals surface area contributed by atoms with Crippen molar-refractivity contribution in [3.63, 3.8) is 0 Å². The Labute approximate surface area is 172 Å². The Hall–Kier alpha value is -2.51. The fourth-order valence-corrected chi connectivity index (χ4v) is 3.84. The summed E-state index contributed by atoms with van der Waals surface area (Å²) in [7, 11) is 0. The minimum atomic E-state index is -0.628. The maximum atomic E-state index is 12.3. The van der Waals surface area contributed by atoms with Crippen molar-refractivity contribution in [3.8, 4) is 0 Å². The summed E-state index contributed by atoms with van der Waals surface area (Å²) in [6, 6.07) is 11.9. The number of anilines is 1. The summed E-state index contributed by atoms with van der Waals surface area (Å²) in [5.74, 6) is -0.449. The number of halogens is 1. The summed E-state index contributed by atoms with van der Waals surface area (Å²) in [5, 5.41) is 6.11. The molecular weight excluding hydrogens is 400 g/mol. The Bertz CT molecular complexity index is 919. The standard InChI is InChI=1S/C20H19ClN2O4S/c1-12(13-3-2-4-15(21)9-13)22-19(25)11-27-20(26)14-5-6-17-16(10-14)23-18(24)7-8-28-17/h2-6,9-10,12H,7-8,11H2,1H3,(H,22,25)(H,23,24)/t12-/m1/s1. The van der Waals surface area contributed by atoms with Crippen LogP contribution in [0.15, 0.2) is 47.4 Å². The van der Waals surface area contributed by atoms with Crippen molar-refractivity contribution < 1.29 is 19.1 Å². The molecule has 1 atom stereocenters. The lowest BCUT2D eigenvalue weighted by atomic mass is 10.1. The topological polar surface area (TPSA) is 84.5 Å². The highest BCUT2D eigenvalue weighted by Crippen LogP contribution is 2.31. The number of nitrogens with one attached hydrogen (secondary N) is 2. The molecule has 2 amide bonds. The first kappa shape index (κ1) is 20.2. The molecule has 0 bridgehead atoms. The van der Waals surface area contributed by atoms with Crippen molar-refractivity contribution in [1.82, 2.24) is 5.32 Å². The molecule has 0 unspecified atom stereocenters. The summed E-state index contributed by atoms with van der Waals surface area (Å²) < 4.78 is 5.10. The molecule has 0 spiro atoms. The summed E-state index contributed by atoms with van der Waals surface area (Å²) in [6.07, 6.45) is 0.421. The van der Waals surface area contributed by atoms with Crippen LogP contribution >= 0.6 is 23.4 Å². The second-order valence-electron chi connectivity index (χ2n) is 6.28. The minimum Gasteiger partial charge on any atom is -0.452 e. The van der Waals surface area contributed by atoms with E-state index in [0.717, 1.165) is 10.5 Å². The molecule has 0 fully saturated rings.